The summed E-state index contributed by atoms with van der Waals surface area (Å²) in [6.07, 6.45) is -3.48. The predicted octanol–water partition coefficient (Wildman–Crippen LogP) is -5.15. The van der Waals surface area contributed by atoms with E-state index < -0.39 is 60.1 Å². The molecule has 7 N–H and O–H groups in total. The Morgan fingerprint density at radius 2 is 1.78 bits per heavy atom. The van der Waals surface area contributed by atoms with Crippen molar-refractivity contribution in [2.75, 3.05) is 18.2 Å². The number of fused-ring (bicyclic) bond motifs is 1. The van der Waals surface area contributed by atoms with Crippen LogP contribution in [-0.4, -0.2) is 75.2 Å². The molecule has 1 aliphatic heterocycles. The van der Waals surface area contributed by atoms with E-state index in [2.05, 4.69) is 23.8 Å². The molecule has 1 aliphatic rings. The Balaban J connectivity index is 0.00000363. The van der Waals surface area contributed by atoms with Crippen molar-refractivity contribution in [3.8, 4) is 0 Å². The molecule has 1 fully saturated rings. The molecule has 21 heteroatoms. The molecule has 7 atom stereocenters. The quantitative estimate of drug-likeness (QED) is 0.143. The van der Waals surface area contributed by atoms with Crippen LogP contribution in [0.2, 0.25) is 0 Å². The van der Waals surface area contributed by atoms with Crippen molar-refractivity contribution in [3.05, 3.63) is 12.7 Å². The number of hydrogen-bond acceptors (Lipinski definition) is 13. The molecule has 3 rings (SSSR count). The molecule has 0 amide bonds. The third kappa shape index (κ3) is 6.44. The molecule has 0 bridgehead atoms. The summed E-state index contributed by atoms with van der Waals surface area (Å²) in [7, 11) is -15.9. The minimum atomic E-state index is -5.67. The number of aliphatic hydroxyl groups is 2. The van der Waals surface area contributed by atoms with E-state index in [9.17, 15) is 38.6 Å². The summed E-state index contributed by atoms with van der Waals surface area (Å²) >= 11 is 0. The first-order chi connectivity index (χ1) is 14.2. The third-order valence-electron chi connectivity index (χ3n) is 4.03. The van der Waals surface area contributed by atoms with E-state index in [0.29, 0.717) is 0 Å². The van der Waals surface area contributed by atoms with E-state index in [4.69, 9.17) is 15.4 Å². The molecule has 17 nitrogen and oxygen atoms in total. The number of phosphoric acid groups is 1. The fourth-order valence-corrected chi connectivity index (χ4v) is 7.27. The third-order valence-corrected chi connectivity index (χ3v) is 9.29. The molecule has 174 valence electrons. The van der Waals surface area contributed by atoms with Crippen molar-refractivity contribution in [2.45, 2.75) is 24.5 Å². The SMILES string of the molecule is Nc1ncnc2c1ncn2C1OC(COP(=O)(O)CP(=O)(O)OP(=O)([O-])O)C(O)C1O.[Li+]. The van der Waals surface area contributed by atoms with Crippen molar-refractivity contribution in [1.29, 1.82) is 0 Å². The Kier molecular flexibility index (Phi) is 8.49. The molecule has 1 saturated heterocycles. The van der Waals surface area contributed by atoms with E-state index in [0.717, 1.165) is 6.33 Å². The van der Waals surface area contributed by atoms with Gasteiger partial charge in [-0.2, -0.15) is 0 Å². The summed E-state index contributed by atoms with van der Waals surface area (Å²) < 4.78 is 48.9. The Morgan fingerprint density at radius 3 is 2.41 bits per heavy atom. The Hall–Kier alpha value is -0.723. The molecule has 0 aromatic carbocycles. The summed E-state index contributed by atoms with van der Waals surface area (Å²) in [5.41, 5.74) is 6.05. The first kappa shape index (κ1) is 27.5. The molecule has 0 spiro atoms. The van der Waals surface area contributed by atoms with E-state index in [1.54, 1.807) is 0 Å². The van der Waals surface area contributed by atoms with Crippen LogP contribution < -0.4 is 29.5 Å². The molecule has 0 saturated carbocycles. The number of aromatic nitrogens is 4. The van der Waals surface area contributed by atoms with Gasteiger partial charge in [-0.25, -0.2) is 19.3 Å². The minimum Gasteiger partial charge on any atom is -0.756 e. The van der Waals surface area contributed by atoms with Gasteiger partial charge in [-0.15, -0.1) is 0 Å². The smallest absolute Gasteiger partial charge is 0.756 e. The molecule has 0 radical (unpaired) electrons. The summed E-state index contributed by atoms with van der Waals surface area (Å²) in [6.45, 7) is -0.847. The maximum Gasteiger partial charge on any atom is 1.00 e. The van der Waals surface area contributed by atoms with Crippen LogP contribution in [0.25, 0.3) is 11.2 Å². The zero-order valence-electron chi connectivity index (χ0n) is 16.2. The molecule has 2 aromatic rings. The average Bonchev–Trinajstić information content (AvgIpc) is 3.13. The second-order valence-corrected chi connectivity index (χ2v) is 11.9. The number of aliphatic hydroxyl groups excluding tert-OH is 2. The summed E-state index contributed by atoms with van der Waals surface area (Å²) in [4.78, 5) is 49.7. The number of hydrogen-bond donors (Lipinski definition) is 6. The van der Waals surface area contributed by atoms with E-state index >= 15 is 0 Å². The van der Waals surface area contributed by atoms with Gasteiger partial charge in [0, 0.05) is 0 Å². The molecule has 3 heterocycles. The fraction of sp³-hybridized carbons (Fsp3) is 0.545. The average molecular weight is 511 g/mol. The zero-order chi connectivity index (χ0) is 23.2. The van der Waals surface area contributed by atoms with Gasteiger partial charge in [-0.1, -0.05) is 0 Å². The van der Waals surface area contributed by atoms with Crippen molar-refractivity contribution in [1.82, 2.24) is 19.5 Å². The zero-order valence-corrected chi connectivity index (χ0v) is 18.9. The van der Waals surface area contributed by atoms with Crippen LogP contribution in [0.5, 0.6) is 0 Å². The minimum absolute atomic E-state index is 0. The monoisotopic (exact) mass is 511 g/mol. The van der Waals surface area contributed by atoms with E-state index in [1.807, 2.05) is 0 Å². The largest absolute Gasteiger partial charge is 1.00 e. The second-order valence-electron chi connectivity index (χ2n) is 6.39. The van der Waals surface area contributed by atoms with Crippen molar-refractivity contribution in [3.63, 3.8) is 0 Å². The van der Waals surface area contributed by atoms with Gasteiger partial charge in [-0.3, -0.25) is 18.3 Å². The number of nitrogen functional groups attached to an aromatic ring is 1. The van der Waals surface area contributed by atoms with E-state index in [-0.39, 0.29) is 35.8 Å². The van der Waals surface area contributed by atoms with Crippen molar-refractivity contribution >= 4 is 40.0 Å². The van der Waals surface area contributed by atoms with Crippen LogP contribution in [0.4, 0.5) is 5.82 Å². The summed E-state index contributed by atoms with van der Waals surface area (Å²) in [5, 5.41) is 20.5. The van der Waals surface area contributed by atoms with Gasteiger partial charge in [0.25, 0.3) is 7.82 Å². The van der Waals surface area contributed by atoms with Gasteiger partial charge < -0.3 is 44.8 Å². The maximum atomic E-state index is 12.0. The van der Waals surface area contributed by atoms with Gasteiger partial charge in [0.15, 0.2) is 23.6 Å². The topological polar surface area (TPSA) is 273 Å². The van der Waals surface area contributed by atoms with Gasteiger partial charge in [-0.05, 0) is 0 Å². The summed E-state index contributed by atoms with van der Waals surface area (Å²) in [6, 6.07) is 0. The van der Waals surface area contributed by atoms with Gasteiger partial charge >= 0.3 is 34.1 Å². The first-order valence-electron chi connectivity index (χ1n) is 8.17. The fourth-order valence-electron chi connectivity index (χ4n) is 2.80. The van der Waals surface area contributed by atoms with Crippen molar-refractivity contribution in [2.24, 2.45) is 0 Å². The summed E-state index contributed by atoms with van der Waals surface area (Å²) in [5.74, 6) is -1.62. The standard InChI is InChI=1S/C11H18N5O12P3.Li/c12-9-6-10(14-2-13-9)16(3-15-6)11-8(18)7(17)5(27-11)1-26-29(19,20)4-30(21,22)28-31(23,24)25;/h2-3,5,7-8,11,17-18H,1,4H2,(H,19,20)(H,21,22)(H2,12,13,14)(H2,23,24,25);/q;+1/p-1. The second kappa shape index (κ2) is 9.87. The first-order valence-corrected chi connectivity index (χ1v) is 13.2. The van der Waals surface area contributed by atoms with Crippen LogP contribution in [0.15, 0.2) is 12.7 Å². The number of anilines is 1. The molecule has 0 aliphatic carbocycles. The van der Waals surface area contributed by atoms with Gasteiger partial charge in [0.05, 0.1) is 12.9 Å². The Morgan fingerprint density at radius 1 is 1.12 bits per heavy atom. The normalized spacial score (nSPS) is 29.1. The van der Waals surface area contributed by atoms with Gasteiger partial charge in [0.1, 0.15) is 30.2 Å². The number of ether oxygens (including phenoxy) is 1. The van der Waals surface area contributed by atoms with Crippen LogP contribution in [0.3, 0.4) is 0 Å². The van der Waals surface area contributed by atoms with Gasteiger partial charge in [0.2, 0.25) is 0 Å². The van der Waals surface area contributed by atoms with Crippen LogP contribution in [0, 0.1) is 0 Å². The molecular formula is C11H17LiN5O12P3. The number of rotatable bonds is 8. The Labute approximate surface area is 191 Å². The molecular weight excluding hydrogens is 494 g/mol. The number of nitrogens with two attached hydrogens (primary N) is 1. The molecule has 2 aromatic heterocycles. The predicted molar refractivity (Wildman–Crippen MR) is 97.0 cm³/mol. The maximum absolute atomic E-state index is 12.0. The van der Waals surface area contributed by atoms with E-state index in [1.165, 1.54) is 10.9 Å². The van der Waals surface area contributed by atoms with Crippen LogP contribution >= 0.6 is 23.0 Å². The number of nitrogens with zero attached hydrogens (tertiary/aromatic N) is 4. The van der Waals surface area contributed by atoms with Crippen LogP contribution in [0.1, 0.15) is 6.23 Å². The number of imidazole rings is 1. The van der Waals surface area contributed by atoms with Crippen molar-refractivity contribution < 1.29 is 75.9 Å². The van der Waals surface area contributed by atoms with Crippen LogP contribution in [-0.2, 0) is 27.3 Å². The molecule has 32 heavy (non-hydrogen) atoms. The Bertz CT molecular complexity index is 1110. The molecule has 7 unspecified atom stereocenters.